The first-order valence-electron chi connectivity index (χ1n) is 8.97. The fraction of sp³-hybridized carbons (Fsp3) is 0.0909. The maximum Gasteiger partial charge on any atom is 0.416 e. The van der Waals surface area contributed by atoms with Crippen molar-refractivity contribution in [2.75, 3.05) is 17.2 Å². The highest BCUT2D eigenvalue weighted by Gasteiger charge is 2.30. The first-order chi connectivity index (χ1) is 14.7. The van der Waals surface area contributed by atoms with Crippen molar-refractivity contribution in [3.8, 4) is 5.75 Å². The van der Waals surface area contributed by atoms with E-state index in [1.165, 1.54) is 60.7 Å². The van der Waals surface area contributed by atoms with Gasteiger partial charge < -0.3 is 15.4 Å². The summed E-state index contributed by atoms with van der Waals surface area (Å²) in [6.07, 6.45) is -4.51. The molecule has 160 valence electrons. The number of hydrogen-bond donors (Lipinski definition) is 2. The van der Waals surface area contributed by atoms with Gasteiger partial charge in [0.2, 0.25) is 0 Å². The van der Waals surface area contributed by atoms with Gasteiger partial charge >= 0.3 is 6.18 Å². The summed E-state index contributed by atoms with van der Waals surface area (Å²) >= 11 is 0. The Morgan fingerprint density at radius 1 is 0.839 bits per heavy atom. The van der Waals surface area contributed by atoms with Crippen LogP contribution in [0.1, 0.15) is 15.9 Å². The number of rotatable bonds is 6. The van der Waals surface area contributed by atoms with Gasteiger partial charge in [-0.15, -0.1) is 0 Å². The largest absolute Gasteiger partial charge is 0.484 e. The van der Waals surface area contributed by atoms with Crippen LogP contribution in [0.5, 0.6) is 5.75 Å². The van der Waals surface area contributed by atoms with Gasteiger partial charge in [-0.3, -0.25) is 9.59 Å². The van der Waals surface area contributed by atoms with Crippen molar-refractivity contribution in [2.45, 2.75) is 6.18 Å². The number of anilines is 2. The molecule has 0 fully saturated rings. The van der Waals surface area contributed by atoms with Gasteiger partial charge in [0.25, 0.3) is 11.8 Å². The number of benzene rings is 3. The highest BCUT2D eigenvalue weighted by molar-refractivity contribution is 6.04. The lowest BCUT2D eigenvalue weighted by Crippen LogP contribution is -2.20. The van der Waals surface area contributed by atoms with Crippen LogP contribution in [0.25, 0.3) is 0 Å². The summed E-state index contributed by atoms with van der Waals surface area (Å²) in [4.78, 5) is 24.1. The molecule has 0 saturated heterocycles. The van der Waals surface area contributed by atoms with E-state index in [2.05, 4.69) is 10.6 Å². The third kappa shape index (κ3) is 6.30. The number of amides is 2. The normalized spacial score (nSPS) is 11.0. The van der Waals surface area contributed by atoms with Crippen LogP contribution in [0.3, 0.4) is 0 Å². The molecule has 0 radical (unpaired) electrons. The van der Waals surface area contributed by atoms with E-state index in [4.69, 9.17) is 4.74 Å². The summed E-state index contributed by atoms with van der Waals surface area (Å²) < 4.78 is 56.5. The van der Waals surface area contributed by atoms with E-state index in [0.717, 1.165) is 12.1 Å². The summed E-state index contributed by atoms with van der Waals surface area (Å²) in [7, 11) is 0. The lowest BCUT2D eigenvalue weighted by atomic mass is 10.1. The number of halogens is 4. The van der Waals surface area contributed by atoms with Crippen LogP contribution in [0, 0.1) is 5.82 Å². The Balaban J connectivity index is 1.54. The van der Waals surface area contributed by atoms with Gasteiger partial charge in [0, 0.05) is 16.9 Å². The van der Waals surface area contributed by atoms with Gasteiger partial charge in [-0.05, 0) is 66.7 Å². The van der Waals surface area contributed by atoms with E-state index < -0.39 is 29.4 Å². The number of carbonyl (C=O) groups is 2. The minimum Gasteiger partial charge on any atom is -0.484 e. The second kappa shape index (κ2) is 9.29. The second-order valence-corrected chi connectivity index (χ2v) is 6.40. The molecule has 0 aliphatic heterocycles. The van der Waals surface area contributed by atoms with Crippen LogP contribution in [0.15, 0.2) is 72.8 Å². The third-order valence-corrected chi connectivity index (χ3v) is 4.06. The van der Waals surface area contributed by atoms with Gasteiger partial charge in [0.05, 0.1) is 5.56 Å². The quantitative estimate of drug-likeness (QED) is 0.532. The van der Waals surface area contributed by atoms with E-state index in [1.807, 2.05) is 0 Å². The van der Waals surface area contributed by atoms with Crippen LogP contribution in [-0.2, 0) is 11.0 Å². The molecule has 0 aromatic heterocycles. The van der Waals surface area contributed by atoms with Gasteiger partial charge in [-0.25, -0.2) is 4.39 Å². The van der Waals surface area contributed by atoms with E-state index >= 15 is 0 Å². The lowest BCUT2D eigenvalue weighted by molar-refractivity contribution is -0.137. The van der Waals surface area contributed by atoms with Crippen molar-refractivity contribution in [3.05, 3.63) is 89.7 Å². The molecule has 0 spiro atoms. The summed E-state index contributed by atoms with van der Waals surface area (Å²) in [6, 6.07) is 15.3. The van der Waals surface area contributed by atoms with Gasteiger partial charge in [0.1, 0.15) is 11.6 Å². The maximum absolute atomic E-state index is 12.9. The van der Waals surface area contributed by atoms with E-state index in [-0.39, 0.29) is 17.9 Å². The smallest absolute Gasteiger partial charge is 0.416 e. The Labute approximate surface area is 174 Å². The molecule has 2 amide bonds. The predicted octanol–water partition coefficient (Wildman–Crippen LogP) is 5.11. The Kier molecular flexibility index (Phi) is 6.54. The predicted molar refractivity (Wildman–Crippen MR) is 106 cm³/mol. The molecule has 0 bridgehead atoms. The molecule has 0 atom stereocenters. The Hall–Kier alpha value is -3.88. The molecular weight excluding hydrogens is 416 g/mol. The molecular formula is C22H16F4N2O3. The zero-order chi connectivity index (χ0) is 22.4. The van der Waals surface area contributed by atoms with Crippen LogP contribution < -0.4 is 15.4 Å². The van der Waals surface area contributed by atoms with Crippen molar-refractivity contribution in [3.63, 3.8) is 0 Å². The van der Waals surface area contributed by atoms with Crippen molar-refractivity contribution < 1.29 is 31.9 Å². The van der Waals surface area contributed by atoms with E-state index in [1.54, 1.807) is 0 Å². The standard InChI is InChI=1S/C22H16F4N2O3/c23-16-6-8-17(9-7-16)27-20(29)13-31-19-10-4-14(5-11-19)21(30)28-18-3-1-2-15(12-18)22(24,25)26/h1-12H,13H2,(H,27,29)(H,28,30). The average molecular weight is 432 g/mol. The number of hydrogen-bond acceptors (Lipinski definition) is 3. The summed E-state index contributed by atoms with van der Waals surface area (Å²) in [5, 5.41) is 4.94. The Morgan fingerprint density at radius 2 is 1.52 bits per heavy atom. The van der Waals surface area contributed by atoms with E-state index in [9.17, 15) is 27.2 Å². The minimum absolute atomic E-state index is 0.0117. The Morgan fingerprint density at radius 3 is 2.16 bits per heavy atom. The molecule has 2 N–H and O–H groups in total. The van der Waals surface area contributed by atoms with Crippen molar-refractivity contribution in [1.29, 1.82) is 0 Å². The molecule has 31 heavy (non-hydrogen) atoms. The molecule has 3 aromatic carbocycles. The number of ether oxygens (including phenoxy) is 1. The number of nitrogens with one attached hydrogen (secondary N) is 2. The second-order valence-electron chi connectivity index (χ2n) is 6.40. The average Bonchev–Trinajstić information content (AvgIpc) is 2.74. The molecule has 5 nitrogen and oxygen atoms in total. The van der Waals surface area contributed by atoms with Crippen LogP contribution >= 0.6 is 0 Å². The van der Waals surface area contributed by atoms with Crippen LogP contribution in [0.2, 0.25) is 0 Å². The van der Waals surface area contributed by atoms with Crippen molar-refractivity contribution in [1.82, 2.24) is 0 Å². The molecule has 9 heteroatoms. The zero-order valence-electron chi connectivity index (χ0n) is 15.9. The highest BCUT2D eigenvalue weighted by Crippen LogP contribution is 2.30. The third-order valence-electron chi connectivity index (χ3n) is 4.06. The summed E-state index contributed by atoms with van der Waals surface area (Å²) in [6.45, 7) is -0.312. The van der Waals surface area contributed by atoms with Crippen molar-refractivity contribution >= 4 is 23.2 Å². The van der Waals surface area contributed by atoms with E-state index in [0.29, 0.717) is 11.4 Å². The first kappa shape index (κ1) is 21.8. The molecule has 3 rings (SSSR count). The fourth-order valence-corrected chi connectivity index (χ4v) is 2.56. The van der Waals surface area contributed by atoms with Gasteiger partial charge in [0.15, 0.2) is 6.61 Å². The summed E-state index contributed by atoms with van der Waals surface area (Å²) in [5.74, 6) is -1.17. The number of carbonyl (C=O) groups excluding carboxylic acids is 2. The molecule has 0 unspecified atom stereocenters. The molecule has 3 aromatic rings. The highest BCUT2D eigenvalue weighted by atomic mass is 19.4. The number of alkyl halides is 3. The van der Waals surface area contributed by atoms with Gasteiger partial charge in [-0.2, -0.15) is 13.2 Å². The van der Waals surface area contributed by atoms with Gasteiger partial charge in [-0.1, -0.05) is 6.07 Å². The van der Waals surface area contributed by atoms with Crippen LogP contribution in [0.4, 0.5) is 28.9 Å². The SMILES string of the molecule is O=C(COc1ccc(C(=O)Nc2cccc(C(F)(F)F)c2)cc1)Nc1ccc(F)cc1. The monoisotopic (exact) mass is 432 g/mol. The molecule has 0 saturated carbocycles. The first-order valence-corrected chi connectivity index (χ1v) is 8.97. The van der Waals surface area contributed by atoms with Crippen LogP contribution in [-0.4, -0.2) is 18.4 Å². The topological polar surface area (TPSA) is 67.4 Å². The lowest BCUT2D eigenvalue weighted by Gasteiger charge is -2.10. The molecule has 0 heterocycles. The Bertz CT molecular complexity index is 1070. The molecule has 0 aliphatic carbocycles. The van der Waals surface area contributed by atoms with Crippen molar-refractivity contribution in [2.24, 2.45) is 0 Å². The summed E-state index contributed by atoms with van der Waals surface area (Å²) in [5.41, 5.74) is -0.247. The molecule has 0 aliphatic rings. The fourth-order valence-electron chi connectivity index (χ4n) is 2.56. The minimum atomic E-state index is -4.51. The zero-order valence-corrected chi connectivity index (χ0v) is 15.9. The maximum atomic E-state index is 12.9.